The van der Waals surface area contributed by atoms with Gasteiger partial charge in [0.05, 0.1) is 36.9 Å². The molecule has 3 heterocycles. The minimum Gasteiger partial charge on any atom is -0.481 e. The third-order valence-electron chi connectivity index (χ3n) is 6.53. The zero-order chi connectivity index (χ0) is 29.1. The molecule has 1 atom stereocenters. The average molecular weight is 553 g/mol. The quantitative estimate of drug-likeness (QED) is 0.273. The molecular weight excluding hydrogens is 524 g/mol. The maximum absolute atomic E-state index is 14.3. The Morgan fingerprint density at radius 1 is 1.05 bits per heavy atom. The number of nitrogens with zero attached hydrogens (tertiary/aromatic N) is 6. The highest BCUT2D eigenvalue weighted by atomic mass is 16.7. The van der Waals surface area contributed by atoms with Crippen LogP contribution in [0.15, 0.2) is 77.9 Å². The van der Waals surface area contributed by atoms with Gasteiger partial charge < -0.3 is 15.8 Å². The van der Waals surface area contributed by atoms with Crippen molar-refractivity contribution in [2.24, 2.45) is 0 Å². The van der Waals surface area contributed by atoms with Crippen molar-refractivity contribution in [3.8, 4) is 22.7 Å². The number of carbonyl (C=O) groups excluding carboxylic acids is 1. The van der Waals surface area contributed by atoms with Crippen LogP contribution < -0.4 is 21.3 Å². The Balaban J connectivity index is 1.70. The van der Waals surface area contributed by atoms with Crippen molar-refractivity contribution in [1.82, 2.24) is 29.6 Å². The Bertz CT molecular complexity index is 1790. The number of amides is 1. The molecule has 12 heteroatoms. The molecule has 5 rings (SSSR count). The minimum absolute atomic E-state index is 0.0272. The molecule has 2 aromatic carbocycles. The molecule has 208 valence electrons. The van der Waals surface area contributed by atoms with Crippen molar-refractivity contribution >= 4 is 28.6 Å². The number of anilines is 2. The second kappa shape index (κ2) is 11.4. The first kappa shape index (κ1) is 27.2. The Labute approximate surface area is 235 Å². The van der Waals surface area contributed by atoms with Gasteiger partial charge in [-0.3, -0.25) is 19.0 Å². The molecule has 12 nitrogen and oxygen atoms in total. The Morgan fingerprint density at radius 2 is 1.83 bits per heavy atom. The van der Waals surface area contributed by atoms with Crippen molar-refractivity contribution in [3.05, 3.63) is 94.8 Å². The second-order valence-electron chi connectivity index (χ2n) is 9.07. The number of nitrogens with two attached hydrogens (primary N) is 1. The van der Waals surface area contributed by atoms with Crippen LogP contribution in [-0.4, -0.2) is 56.7 Å². The van der Waals surface area contributed by atoms with E-state index in [-0.39, 0.29) is 22.9 Å². The summed E-state index contributed by atoms with van der Waals surface area (Å²) in [5.41, 5.74) is 8.30. The number of hydrogen-bond acceptors (Lipinski definition) is 10. The van der Waals surface area contributed by atoms with E-state index in [1.165, 1.54) is 27.5 Å². The number of methoxy groups -OCH3 is 1. The monoisotopic (exact) mass is 552 g/mol. The van der Waals surface area contributed by atoms with E-state index in [0.717, 1.165) is 10.6 Å². The predicted molar refractivity (Wildman–Crippen MR) is 155 cm³/mol. The second-order valence-corrected chi connectivity index (χ2v) is 9.07. The van der Waals surface area contributed by atoms with Gasteiger partial charge in [0, 0.05) is 25.5 Å². The van der Waals surface area contributed by atoms with Gasteiger partial charge in [0.1, 0.15) is 17.2 Å². The minimum atomic E-state index is -0.606. The first-order chi connectivity index (χ1) is 19.8. The Hall–Kier alpha value is -5.36. The summed E-state index contributed by atoms with van der Waals surface area (Å²) in [6.07, 6.45) is 2.95. The summed E-state index contributed by atoms with van der Waals surface area (Å²) in [4.78, 5) is 49.7. The van der Waals surface area contributed by atoms with Crippen molar-refractivity contribution in [1.29, 1.82) is 0 Å². The molecule has 0 saturated heterocycles. The van der Waals surface area contributed by atoms with Gasteiger partial charge in [-0.25, -0.2) is 20.0 Å². The molecular formula is C29H28N8O4. The fourth-order valence-corrected chi connectivity index (χ4v) is 4.48. The predicted octanol–water partition coefficient (Wildman–Crippen LogP) is 3.64. The van der Waals surface area contributed by atoms with Crippen LogP contribution in [0.4, 0.5) is 11.8 Å². The van der Waals surface area contributed by atoms with Crippen molar-refractivity contribution in [3.63, 3.8) is 0 Å². The van der Waals surface area contributed by atoms with Gasteiger partial charge >= 0.3 is 0 Å². The molecule has 0 spiro atoms. The maximum atomic E-state index is 14.3. The molecule has 0 fully saturated rings. The number of fused-ring (bicyclic) bond motifs is 1. The molecule has 3 aromatic heterocycles. The van der Waals surface area contributed by atoms with E-state index in [0.29, 0.717) is 33.9 Å². The molecule has 0 aliphatic rings. The van der Waals surface area contributed by atoms with E-state index in [4.69, 9.17) is 20.3 Å². The first-order valence-corrected chi connectivity index (χ1v) is 12.6. The van der Waals surface area contributed by atoms with Gasteiger partial charge in [-0.05, 0) is 42.3 Å². The SMILES string of the molecule is COc1cc(-c2cccc3nc(C(C)Nc4nc(N)ncc4C(=O)N(C)OC)n(-c4ccccc4)c(=O)c23)ccn1. The summed E-state index contributed by atoms with van der Waals surface area (Å²) in [6.45, 7) is 1.82. The number of carbonyl (C=O) groups is 1. The lowest BCUT2D eigenvalue weighted by Gasteiger charge is -2.22. The topological polar surface area (TPSA) is 150 Å². The fourth-order valence-electron chi connectivity index (χ4n) is 4.48. The van der Waals surface area contributed by atoms with Gasteiger partial charge in [-0.15, -0.1) is 0 Å². The Kier molecular flexibility index (Phi) is 7.57. The first-order valence-electron chi connectivity index (χ1n) is 12.6. The molecule has 0 aliphatic heterocycles. The van der Waals surface area contributed by atoms with Gasteiger partial charge in [0.2, 0.25) is 11.8 Å². The number of ether oxygens (including phenoxy) is 1. The zero-order valence-corrected chi connectivity index (χ0v) is 22.9. The van der Waals surface area contributed by atoms with E-state index < -0.39 is 11.9 Å². The number of hydrogen-bond donors (Lipinski definition) is 2. The maximum Gasteiger partial charge on any atom is 0.282 e. The van der Waals surface area contributed by atoms with Gasteiger partial charge in [-0.1, -0.05) is 30.3 Å². The molecule has 0 saturated carbocycles. The number of rotatable bonds is 8. The standard InChI is InChI=1S/C29H28N8O4/c1-17(33-25-21(16-32-29(30)35-25)27(38)36(2)41-4)26-34-22-12-8-11-20(18-13-14-31-23(15-18)40-3)24(22)28(39)37(26)19-9-6-5-7-10-19/h5-17H,1-4H3,(H3,30,32,33,35). The highest BCUT2D eigenvalue weighted by molar-refractivity contribution is 5.98. The number of nitrogens with one attached hydrogen (secondary N) is 1. The van der Waals surface area contributed by atoms with Crippen LogP contribution >= 0.6 is 0 Å². The zero-order valence-electron chi connectivity index (χ0n) is 22.9. The number of nitrogen functional groups attached to an aromatic ring is 1. The number of hydroxylamine groups is 2. The summed E-state index contributed by atoms with van der Waals surface area (Å²) in [5.74, 6) is 0.491. The average Bonchev–Trinajstić information content (AvgIpc) is 3.00. The molecule has 41 heavy (non-hydrogen) atoms. The van der Waals surface area contributed by atoms with Crippen LogP contribution in [-0.2, 0) is 4.84 Å². The van der Waals surface area contributed by atoms with Crippen LogP contribution in [0, 0.1) is 0 Å². The third-order valence-corrected chi connectivity index (χ3v) is 6.53. The normalized spacial score (nSPS) is 11.7. The molecule has 0 aliphatic carbocycles. The van der Waals surface area contributed by atoms with Crippen molar-refractivity contribution in [2.45, 2.75) is 13.0 Å². The lowest BCUT2D eigenvalue weighted by atomic mass is 10.0. The molecule has 0 radical (unpaired) electrons. The fraction of sp³-hybridized carbons (Fsp3) is 0.172. The molecule has 3 N–H and O–H groups in total. The molecule has 0 bridgehead atoms. The van der Waals surface area contributed by atoms with Crippen molar-refractivity contribution < 1.29 is 14.4 Å². The summed E-state index contributed by atoms with van der Waals surface area (Å²) >= 11 is 0. The van der Waals surface area contributed by atoms with Gasteiger partial charge in [0.15, 0.2) is 0 Å². The summed E-state index contributed by atoms with van der Waals surface area (Å²) in [7, 11) is 4.39. The van der Waals surface area contributed by atoms with Crippen LogP contribution in [0.5, 0.6) is 5.88 Å². The number of para-hydroxylation sites is 1. The van der Waals surface area contributed by atoms with E-state index in [9.17, 15) is 9.59 Å². The highest BCUT2D eigenvalue weighted by Gasteiger charge is 2.24. The van der Waals surface area contributed by atoms with E-state index >= 15 is 0 Å². The molecule has 1 unspecified atom stereocenters. The van der Waals surface area contributed by atoms with E-state index in [1.54, 1.807) is 22.9 Å². The van der Waals surface area contributed by atoms with Crippen LogP contribution in [0.3, 0.4) is 0 Å². The van der Waals surface area contributed by atoms with Crippen LogP contribution in [0.1, 0.15) is 29.1 Å². The molecule has 5 aromatic rings. The number of benzene rings is 2. The number of pyridine rings is 1. The summed E-state index contributed by atoms with van der Waals surface area (Å²) < 4.78 is 6.85. The van der Waals surface area contributed by atoms with E-state index in [2.05, 4.69) is 20.3 Å². The smallest absolute Gasteiger partial charge is 0.282 e. The largest absolute Gasteiger partial charge is 0.481 e. The van der Waals surface area contributed by atoms with Gasteiger partial charge in [0.25, 0.3) is 11.5 Å². The van der Waals surface area contributed by atoms with Crippen molar-refractivity contribution in [2.75, 3.05) is 32.3 Å². The third kappa shape index (κ3) is 5.28. The lowest BCUT2D eigenvalue weighted by molar-refractivity contribution is -0.0756. The summed E-state index contributed by atoms with van der Waals surface area (Å²) in [6, 6.07) is 17.7. The van der Waals surface area contributed by atoms with Gasteiger partial charge in [-0.2, -0.15) is 4.98 Å². The van der Waals surface area contributed by atoms with E-state index in [1.807, 2.05) is 55.5 Å². The lowest BCUT2D eigenvalue weighted by Crippen LogP contribution is -2.29. The van der Waals surface area contributed by atoms with Crippen LogP contribution in [0.25, 0.3) is 27.7 Å². The number of aromatic nitrogens is 5. The van der Waals surface area contributed by atoms with Crippen LogP contribution in [0.2, 0.25) is 0 Å². The Morgan fingerprint density at radius 3 is 2.56 bits per heavy atom. The molecule has 1 amide bonds. The summed E-state index contributed by atoms with van der Waals surface area (Å²) in [5, 5.41) is 4.69. The highest BCUT2D eigenvalue weighted by Crippen LogP contribution is 2.30.